The Morgan fingerprint density at radius 2 is 2.33 bits per heavy atom. The van der Waals surface area contributed by atoms with Crippen LogP contribution in [0.15, 0.2) is 6.33 Å². The first-order valence-electron chi connectivity index (χ1n) is 4.44. The first-order chi connectivity index (χ1) is 7.16. The lowest BCUT2D eigenvalue weighted by Crippen LogP contribution is -2.03. The molecule has 0 aliphatic heterocycles. The average molecular weight is 232 g/mol. The van der Waals surface area contributed by atoms with Crippen LogP contribution in [-0.2, 0) is 0 Å². The molecular formula is C8H10ClN3O3. The van der Waals surface area contributed by atoms with Gasteiger partial charge in [-0.25, -0.2) is 4.98 Å². The summed E-state index contributed by atoms with van der Waals surface area (Å²) in [7, 11) is 0. The summed E-state index contributed by atoms with van der Waals surface area (Å²) in [6, 6.07) is 0. The first-order valence-corrected chi connectivity index (χ1v) is 4.82. The van der Waals surface area contributed by atoms with Crippen molar-refractivity contribution < 1.29 is 9.66 Å². The van der Waals surface area contributed by atoms with E-state index in [0.29, 0.717) is 6.61 Å². The third-order valence-electron chi connectivity index (χ3n) is 1.66. The highest BCUT2D eigenvalue weighted by Crippen LogP contribution is 2.30. The third-order valence-corrected chi connectivity index (χ3v) is 1.94. The van der Waals surface area contributed by atoms with Gasteiger partial charge in [-0.3, -0.25) is 10.1 Å². The summed E-state index contributed by atoms with van der Waals surface area (Å²) in [5.41, 5.74) is -0.379. The average Bonchev–Trinajstić information content (AvgIpc) is 2.17. The molecule has 15 heavy (non-hydrogen) atoms. The van der Waals surface area contributed by atoms with Crippen molar-refractivity contribution >= 4 is 17.3 Å². The van der Waals surface area contributed by atoms with Crippen LogP contribution in [-0.4, -0.2) is 21.5 Å². The first kappa shape index (κ1) is 11.6. The normalized spacial score (nSPS) is 10.0. The van der Waals surface area contributed by atoms with Crippen molar-refractivity contribution in [2.45, 2.75) is 19.8 Å². The second-order valence-corrected chi connectivity index (χ2v) is 3.14. The molecule has 82 valence electrons. The van der Waals surface area contributed by atoms with Gasteiger partial charge in [-0.05, 0) is 6.42 Å². The molecule has 0 aromatic carbocycles. The van der Waals surface area contributed by atoms with Crippen LogP contribution in [0.2, 0.25) is 5.15 Å². The lowest BCUT2D eigenvalue weighted by Gasteiger charge is -2.04. The van der Waals surface area contributed by atoms with Crippen molar-refractivity contribution in [1.82, 2.24) is 9.97 Å². The Bertz CT molecular complexity index is 359. The maximum Gasteiger partial charge on any atom is 0.367 e. The van der Waals surface area contributed by atoms with E-state index < -0.39 is 4.92 Å². The van der Waals surface area contributed by atoms with Gasteiger partial charge in [0.1, 0.15) is 6.33 Å². The molecule has 0 atom stereocenters. The van der Waals surface area contributed by atoms with E-state index in [9.17, 15) is 10.1 Å². The summed E-state index contributed by atoms with van der Waals surface area (Å²) in [6.45, 7) is 2.37. The third kappa shape index (κ3) is 3.02. The molecule has 0 N–H and O–H groups in total. The fraction of sp³-hybridized carbons (Fsp3) is 0.500. The standard InChI is InChI=1S/C8H10ClN3O3/c1-2-3-4-15-8-6(12(13)14)7(9)10-5-11-8/h5H,2-4H2,1H3. The molecule has 0 spiro atoms. The number of aromatic nitrogens is 2. The summed E-state index contributed by atoms with van der Waals surface area (Å²) < 4.78 is 5.14. The zero-order valence-corrected chi connectivity index (χ0v) is 8.90. The Balaban J connectivity index is 2.86. The summed E-state index contributed by atoms with van der Waals surface area (Å²) in [5.74, 6) is -0.0755. The zero-order valence-electron chi connectivity index (χ0n) is 8.14. The molecule has 1 aromatic rings. The topological polar surface area (TPSA) is 78.2 Å². The van der Waals surface area contributed by atoms with Crippen LogP contribution < -0.4 is 4.74 Å². The van der Waals surface area contributed by atoms with E-state index >= 15 is 0 Å². The molecule has 1 rings (SSSR count). The van der Waals surface area contributed by atoms with Crippen LogP contribution in [0.1, 0.15) is 19.8 Å². The van der Waals surface area contributed by atoms with E-state index in [-0.39, 0.29) is 16.7 Å². The Kier molecular flexibility index (Phi) is 4.23. The van der Waals surface area contributed by atoms with E-state index in [1.807, 2.05) is 6.92 Å². The quantitative estimate of drug-likeness (QED) is 0.336. The summed E-state index contributed by atoms with van der Waals surface area (Å²) >= 11 is 5.56. The Labute approximate surface area is 91.4 Å². The molecule has 0 amide bonds. The highest BCUT2D eigenvalue weighted by atomic mass is 35.5. The highest BCUT2D eigenvalue weighted by molar-refractivity contribution is 6.31. The van der Waals surface area contributed by atoms with Gasteiger partial charge in [0.05, 0.1) is 11.5 Å². The number of halogens is 1. The molecule has 6 nitrogen and oxygen atoms in total. The number of hydrogen-bond donors (Lipinski definition) is 0. The van der Waals surface area contributed by atoms with Crippen molar-refractivity contribution in [2.24, 2.45) is 0 Å². The second kappa shape index (κ2) is 5.45. The zero-order chi connectivity index (χ0) is 11.3. The molecular weight excluding hydrogens is 222 g/mol. The molecule has 0 saturated carbocycles. The Morgan fingerprint density at radius 1 is 1.60 bits per heavy atom. The molecule has 0 unspecified atom stereocenters. The van der Waals surface area contributed by atoms with Gasteiger partial charge in [0.25, 0.3) is 5.88 Å². The molecule has 0 saturated heterocycles. The van der Waals surface area contributed by atoms with E-state index in [4.69, 9.17) is 16.3 Å². The Morgan fingerprint density at radius 3 is 2.93 bits per heavy atom. The fourth-order valence-electron chi connectivity index (χ4n) is 0.915. The molecule has 1 aromatic heterocycles. The second-order valence-electron chi connectivity index (χ2n) is 2.78. The van der Waals surface area contributed by atoms with E-state index in [1.54, 1.807) is 0 Å². The minimum atomic E-state index is -0.649. The number of ether oxygens (including phenoxy) is 1. The monoisotopic (exact) mass is 231 g/mol. The number of rotatable bonds is 5. The largest absolute Gasteiger partial charge is 0.473 e. The van der Waals surface area contributed by atoms with Gasteiger partial charge in [0.15, 0.2) is 0 Å². The van der Waals surface area contributed by atoms with Gasteiger partial charge in [-0.15, -0.1) is 0 Å². The number of nitrogens with zero attached hydrogens (tertiary/aromatic N) is 3. The molecule has 0 radical (unpaired) electrons. The van der Waals surface area contributed by atoms with Gasteiger partial charge < -0.3 is 4.74 Å². The SMILES string of the molecule is CCCCOc1ncnc(Cl)c1[N+](=O)[O-]. The van der Waals surface area contributed by atoms with Crippen LogP contribution in [0.25, 0.3) is 0 Å². The lowest BCUT2D eigenvalue weighted by atomic mass is 10.4. The van der Waals surface area contributed by atoms with Crippen LogP contribution in [0.4, 0.5) is 5.69 Å². The maximum absolute atomic E-state index is 10.6. The lowest BCUT2D eigenvalue weighted by molar-refractivity contribution is -0.386. The number of unbranched alkanes of at least 4 members (excludes halogenated alkanes) is 1. The smallest absolute Gasteiger partial charge is 0.367 e. The summed E-state index contributed by atoms with van der Waals surface area (Å²) in [4.78, 5) is 17.2. The van der Waals surface area contributed by atoms with Gasteiger partial charge in [-0.1, -0.05) is 24.9 Å². The number of hydrogen-bond acceptors (Lipinski definition) is 5. The summed E-state index contributed by atoms with van der Waals surface area (Å²) in [5, 5.41) is 10.4. The summed E-state index contributed by atoms with van der Waals surface area (Å²) in [6.07, 6.45) is 2.88. The molecule has 0 aliphatic rings. The molecule has 7 heteroatoms. The van der Waals surface area contributed by atoms with Gasteiger partial charge in [0.2, 0.25) is 5.15 Å². The number of nitro groups is 1. The molecule has 1 heterocycles. The van der Waals surface area contributed by atoms with Crippen molar-refractivity contribution in [3.8, 4) is 5.88 Å². The van der Waals surface area contributed by atoms with Crippen LogP contribution >= 0.6 is 11.6 Å². The van der Waals surface area contributed by atoms with E-state index in [1.165, 1.54) is 0 Å². The predicted octanol–water partition coefficient (Wildman–Crippen LogP) is 2.22. The minimum absolute atomic E-state index is 0.0755. The minimum Gasteiger partial charge on any atom is -0.473 e. The van der Waals surface area contributed by atoms with Crippen molar-refractivity contribution in [1.29, 1.82) is 0 Å². The molecule has 0 aliphatic carbocycles. The van der Waals surface area contributed by atoms with E-state index in [0.717, 1.165) is 19.2 Å². The molecule has 0 bridgehead atoms. The Hall–Kier alpha value is -1.43. The van der Waals surface area contributed by atoms with Crippen LogP contribution in [0, 0.1) is 10.1 Å². The van der Waals surface area contributed by atoms with Gasteiger partial charge in [-0.2, -0.15) is 4.98 Å². The highest BCUT2D eigenvalue weighted by Gasteiger charge is 2.22. The predicted molar refractivity (Wildman–Crippen MR) is 54.1 cm³/mol. The van der Waals surface area contributed by atoms with Gasteiger partial charge >= 0.3 is 5.69 Å². The maximum atomic E-state index is 10.6. The van der Waals surface area contributed by atoms with E-state index in [2.05, 4.69) is 9.97 Å². The van der Waals surface area contributed by atoms with Crippen LogP contribution in [0.3, 0.4) is 0 Å². The van der Waals surface area contributed by atoms with Crippen molar-refractivity contribution in [2.75, 3.05) is 6.61 Å². The van der Waals surface area contributed by atoms with Gasteiger partial charge in [0, 0.05) is 0 Å². The van der Waals surface area contributed by atoms with Crippen LogP contribution in [0.5, 0.6) is 5.88 Å². The van der Waals surface area contributed by atoms with Crippen molar-refractivity contribution in [3.63, 3.8) is 0 Å². The molecule has 0 fully saturated rings. The fourth-order valence-corrected chi connectivity index (χ4v) is 1.11. The van der Waals surface area contributed by atoms with Crippen molar-refractivity contribution in [3.05, 3.63) is 21.6 Å².